The van der Waals surface area contributed by atoms with Gasteiger partial charge in [-0.1, -0.05) is 48.5 Å². The second kappa shape index (κ2) is 8.21. The van der Waals surface area contributed by atoms with Gasteiger partial charge >= 0.3 is 5.97 Å². The van der Waals surface area contributed by atoms with E-state index in [9.17, 15) is 18.8 Å². The molecule has 0 aliphatic carbocycles. The lowest BCUT2D eigenvalue weighted by Gasteiger charge is -2.25. The molecule has 1 aliphatic rings. The highest BCUT2D eigenvalue weighted by atomic mass is 19.1. The summed E-state index contributed by atoms with van der Waals surface area (Å²) in [5.74, 6) is -2.48. The number of hydrogen-bond donors (Lipinski definition) is 2. The van der Waals surface area contributed by atoms with Gasteiger partial charge in [0.1, 0.15) is 6.04 Å². The van der Waals surface area contributed by atoms with E-state index >= 15 is 0 Å². The van der Waals surface area contributed by atoms with Crippen molar-refractivity contribution in [2.75, 3.05) is 13.1 Å². The van der Waals surface area contributed by atoms with Gasteiger partial charge in [-0.25, -0.2) is 9.18 Å². The Balaban J connectivity index is 1.78. The van der Waals surface area contributed by atoms with E-state index in [1.54, 1.807) is 30.3 Å². The van der Waals surface area contributed by atoms with Gasteiger partial charge in [-0.15, -0.1) is 0 Å². The van der Waals surface area contributed by atoms with Crippen LogP contribution in [-0.2, 0) is 16.0 Å². The summed E-state index contributed by atoms with van der Waals surface area (Å²) in [6.07, 6.45) is -0.0418. The van der Waals surface area contributed by atoms with Crippen LogP contribution in [0.4, 0.5) is 4.39 Å². The van der Waals surface area contributed by atoms with E-state index in [4.69, 9.17) is 5.11 Å². The largest absolute Gasteiger partial charge is 0.479 e. The standard InChI is InChI=1S/C21H21FN2O4/c22-21(20(27)28)11-12-24(14-21)19(26)17(13-15-7-3-1-4-8-15)23-18(25)16-9-5-2-6-10-16/h1-10,17H,11-14H2,(H,23,25)(H,27,28). The number of hydrogen-bond acceptors (Lipinski definition) is 3. The lowest BCUT2D eigenvalue weighted by Crippen LogP contribution is -2.50. The van der Waals surface area contributed by atoms with Crippen molar-refractivity contribution >= 4 is 17.8 Å². The summed E-state index contributed by atoms with van der Waals surface area (Å²) in [5, 5.41) is 11.8. The summed E-state index contributed by atoms with van der Waals surface area (Å²) in [5.41, 5.74) is -1.21. The monoisotopic (exact) mass is 384 g/mol. The molecule has 0 saturated carbocycles. The number of benzene rings is 2. The third-order valence-electron chi connectivity index (χ3n) is 4.84. The van der Waals surface area contributed by atoms with Crippen molar-refractivity contribution in [1.82, 2.24) is 10.2 Å². The van der Waals surface area contributed by atoms with E-state index in [0.29, 0.717) is 5.56 Å². The Morgan fingerprint density at radius 2 is 1.68 bits per heavy atom. The fourth-order valence-electron chi connectivity index (χ4n) is 3.24. The molecule has 1 fully saturated rings. The van der Waals surface area contributed by atoms with Gasteiger partial charge in [0.25, 0.3) is 5.91 Å². The third kappa shape index (κ3) is 4.36. The molecule has 0 radical (unpaired) electrons. The van der Waals surface area contributed by atoms with Crippen LogP contribution >= 0.6 is 0 Å². The lowest BCUT2D eigenvalue weighted by atomic mass is 10.0. The number of aliphatic carboxylic acids is 1. The minimum Gasteiger partial charge on any atom is -0.479 e. The van der Waals surface area contributed by atoms with Crippen LogP contribution in [0, 0.1) is 0 Å². The molecule has 1 aliphatic heterocycles. The maximum Gasteiger partial charge on any atom is 0.343 e. The first-order valence-electron chi connectivity index (χ1n) is 9.00. The van der Waals surface area contributed by atoms with Crippen molar-refractivity contribution < 1.29 is 23.9 Å². The van der Waals surface area contributed by atoms with Crippen molar-refractivity contribution in [1.29, 1.82) is 0 Å². The number of carboxylic acids is 1. The molecule has 2 unspecified atom stereocenters. The summed E-state index contributed by atoms with van der Waals surface area (Å²) in [4.78, 5) is 37.8. The molecule has 2 atom stereocenters. The molecule has 1 heterocycles. The number of carbonyl (C=O) groups is 3. The highest BCUT2D eigenvalue weighted by molar-refractivity contribution is 5.97. The summed E-state index contributed by atoms with van der Waals surface area (Å²) in [6, 6.07) is 16.7. The third-order valence-corrected chi connectivity index (χ3v) is 4.84. The molecule has 2 amide bonds. The van der Waals surface area contributed by atoms with Gasteiger partial charge < -0.3 is 15.3 Å². The van der Waals surface area contributed by atoms with Crippen molar-refractivity contribution in [2.24, 2.45) is 0 Å². The molecule has 2 N–H and O–H groups in total. The van der Waals surface area contributed by atoms with Crippen molar-refractivity contribution in [2.45, 2.75) is 24.6 Å². The predicted molar refractivity (Wildman–Crippen MR) is 101 cm³/mol. The number of rotatable bonds is 6. The molecule has 3 rings (SSSR count). The van der Waals surface area contributed by atoms with Crippen LogP contribution in [0.2, 0.25) is 0 Å². The number of nitrogens with one attached hydrogen (secondary N) is 1. The van der Waals surface area contributed by atoms with E-state index in [-0.39, 0.29) is 19.4 Å². The molecule has 6 nitrogen and oxygen atoms in total. The topological polar surface area (TPSA) is 86.7 Å². The molecule has 2 aromatic carbocycles. The molecule has 0 bridgehead atoms. The van der Waals surface area contributed by atoms with Crippen LogP contribution < -0.4 is 5.32 Å². The second-order valence-electron chi connectivity index (χ2n) is 6.86. The van der Waals surface area contributed by atoms with E-state index in [1.165, 1.54) is 4.90 Å². The minimum atomic E-state index is -2.45. The summed E-state index contributed by atoms with van der Waals surface area (Å²) in [6.45, 7) is -0.526. The number of halogens is 1. The number of carboxylic acid groups (broad SMARTS) is 1. The lowest BCUT2D eigenvalue weighted by molar-refractivity contribution is -0.150. The average molecular weight is 384 g/mol. The molecule has 0 aromatic heterocycles. The van der Waals surface area contributed by atoms with E-state index in [1.807, 2.05) is 30.3 Å². The zero-order valence-corrected chi connectivity index (χ0v) is 15.2. The Bertz CT molecular complexity index is 859. The number of carbonyl (C=O) groups excluding carboxylic acids is 2. The first kappa shape index (κ1) is 19.5. The normalized spacial score (nSPS) is 19.8. The first-order valence-corrected chi connectivity index (χ1v) is 9.00. The van der Waals surface area contributed by atoms with Gasteiger partial charge in [-0.05, 0) is 17.7 Å². The van der Waals surface area contributed by atoms with Gasteiger partial charge in [0.2, 0.25) is 11.6 Å². The Morgan fingerprint density at radius 3 is 2.25 bits per heavy atom. The second-order valence-corrected chi connectivity index (χ2v) is 6.86. The fraction of sp³-hybridized carbons (Fsp3) is 0.286. The van der Waals surface area contributed by atoms with Gasteiger partial charge in [0, 0.05) is 24.9 Å². The fourth-order valence-corrected chi connectivity index (χ4v) is 3.24. The smallest absolute Gasteiger partial charge is 0.343 e. The van der Waals surface area contributed by atoms with Crippen LogP contribution in [0.3, 0.4) is 0 Å². The van der Waals surface area contributed by atoms with Gasteiger partial charge in [-0.2, -0.15) is 0 Å². The summed E-state index contributed by atoms with van der Waals surface area (Å²) < 4.78 is 14.4. The molecule has 146 valence electrons. The quantitative estimate of drug-likeness (QED) is 0.798. The van der Waals surface area contributed by atoms with Crippen LogP contribution in [0.1, 0.15) is 22.3 Å². The highest BCUT2D eigenvalue weighted by Gasteiger charge is 2.47. The van der Waals surface area contributed by atoms with Crippen molar-refractivity contribution in [3.8, 4) is 0 Å². The Morgan fingerprint density at radius 1 is 1.07 bits per heavy atom. The Kier molecular flexibility index (Phi) is 5.73. The van der Waals surface area contributed by atoms with Crippen LogP contribution in [0.15, 0.2) is 60.7 Å². The molecular formula is C21H21FN2O4. The van der Waals surface area contributed by atoms with Gasteiger partial charge in [0.05, 0.1) is 6.54 Å². The average Bonchev–Trinajstić information content (AvgIpc) is 3.12. The SMILES string of the molecule is O=C(NC(Cc1ccccc1)C(=O)N1CCC(F)(C(=O)O)C1)c1ccccc1. The van der Waals surface area contributed by atoms with Crippen LogP contribution in [-0.4, -0.2) is 52.6 Å². The van der Waals surface area contributed by atoms with Gasteiger partial charge in [0.15, 0.2) is 0 Å². The molecule has 2 aromatic rings. The molecule has 0 spiro atoms. The first-order chi connectivity index (χ1) is 13.4. The number of alkyl halides is 1. The zero-order chi connectivity index (χ0) is 20.1. The van der Waals surface area contributed by atoms with E-state index in [0.717, 1.165) is 5.56 Å². The van der Waals surface area contributed by atoms with Gasteiger partial charge in [-0.3, -0.25) is 9.59 Å². The molecule has 7 heteroatoms. The molecular weight excluding hydrogens is 363 g/mol. The maximum absolute atomic E-state index is 14.4. The number of nitrogens with zero attached hydrogens (tertiary/aromatic N) is 1. The molecule has 28 heavy (non-hydrogen) atoms. The van der Waals surface area contributed by atoms with Crippen molar-refractivity contribution in [3.63, 3.8) is 0 Å². The maximum atomic E-state index is 14.4. The summed E-state index contributed by atoms with van der Waals surface area (Å²) >= 11 is 0. The zero-order valence-electron chi connectivity index (χ0n) is 15.2. The van der Waals surface area contributed by atoms with Crippen LogP contribution in [0.5, 0.6) is 0 Å². The number of amides is 2. The van der Waals surface area contributed by atoms with Crippen molar-refractivity contribution in [3.05, 3.63) is 71.8 Å². The minimum absolute atomic E-state index is 0.00582. The van der Waals surface area contributed by atoms with E-state index in [2.05, 4.69) is 5.32 Å². The van der Waals surface area contributed by atoms with E-state index < -0.39 is 36.0 Å². The Hall–Kier alpha value is -3.22. The molecule has 1 saturated heterocycles. The van der Waals surface area contributed by atoms with Crippen LogP contribution in [0.25, 0.3) is 0 Å². The Labute approximate surface area is 162 Å². The highest BCUT2D eigenvalue weighted by Crippen LogP contribution is 2.26. The number of likely N-dealkylation sites (tertiary alicyclic amines) is 1. The summed E-state index contributed by atoms with van der Waals surface area (Å²) in [7, 11) is 0. The predicted octanol–water partition coefficient (Wildman–Crippen LogP) is 2.05.